The maximum atomic E-state index is 13.5. The van der Waals surface area contributed by atoms with Crippen molar-refractivity contribution < 1.29 is 82.5 Å². The number of rotatable bonds is 16. The minimum Gasteiger partial charge on any atom is -0.550 e. The van der Waals surface area contributed by atoms with Gasteiger partial charge in [-0.25, -0.2) is 0 Å². The van der Waals surface area contributed by atoms with Crippen LogP contribution >= 0.6 is 0 Å². The largest absolute Gasteiger partial charge is 1.00 e. The van der Waals surface area contributed by atoms with Gasteiger partial charge in [0.05, 0.1) is 24.4 Å². The Labute approximate surface area is 291 Å². The van der Waals surface area contributed by atoms with E-state index in [1.54, 1.807) is 14.2 Å². The summed E-state index contributed by atoms with van der Waals surface area (Å²) < 4.78 is 42.1. The number of carbonyl (C=O) groups is 2. The van der Waals surface area contributed by atoms with E-state index in [2.05, 4.69) is 33.0 Å². The first kappa shape index (κ1) is 40.8. The fourth-order valence-corrected chi connectivity index (χ4v) is 7.00. The molecule has 11 atom stereocenters. The van der Waals surface area contributed by atoms with Crippen molar-refractivity contribution in [1.82, 2.24) is 5.32 Å². The molecule has 0 aromatic rings. The number of aliphatic hydroxyl groups is 1. The Kier molecular flexibility index (Phi) is 16.7. The molecule has 0 spiro atoms. The Hall–Kier alpha value is -0.380. The molecule has 3 aliphatic heterocycles. The zero-order valence-corrected chi connectivity index (χ0v) is 30.9. The summed E-state index contributed by atoms with van der Waals surface area (Å²) in [4.78, 5) is 24.1. The molecule has 0 aliphatic carbocycles. The molecule has 2 N–H and O–H groups in total. The third-order valence-corrected chi connectivity index (χ3v) is 10.2. The van der Waals surface area contributed by atoms with Crippen molar-refractivity contribution in [2.75, 3.05) is 28.1 Å². The standard InChI is InChI=1S/C32H57NO11.Na/c1-19-17-32(40-8,44-21(3)20(19)2)27(36)29(37)33-30-26-25(41-18-42-30)28(39-7)31(4,5)23(43-26)16-22(38-6)14-12-10-9-11-13-15-24(34)35;/h19-23,25-28,30,36H,9-18H2,1-8H3,(H,33,37)(H,34,35);/q;+1/p-1/t19?,20-,21-,22-,23-,25+,26+,27-,28-,30-,32-;/m1./s1. The van der Waals surface area contributed by atoms with E-state index in [0.29, 0.717) is 19.3 Å². The van der Waals surface area contributed by atoms with E-state index < -0.39 is 47.6 Å². The average Bonchev–Trinajstić information content (AvgIpc) is 2.98. The zero-order chi connectivity index (χ0) is 32.7. The van der Waals surface area contributed by atoms with Gasteiger partial charge in [0.2, 0.25) is 5.79 Å². The number of methoxy groups -OCH3 is 3. The van der Waals surface area contributed by atoms with E-state index in [-0.39, 0.29) is 79.0 Å². The van der Waals surface area contributed by atoms with E-state index in [1.807, 2.05) is 6.92 Å². The molecule has 1 unspecified atom stereocenters. The van der Waals surface area contributed by atoms with E-state index in [1.165, 1.54) is 7.11 Å². The van der Waals surface area contributed by atoms with Crippen molar-refractivity contribution in [3.05, 3.63) is 0 Å². The molecule has 3 heterocycles. The van der Waals surface area contributed by atoms with E-state index >= 15 is 0 Å². The summed E-state index contributed by atoms with van der Waals surface area (Å²) in [7, 11) is 4.77. The fraction of sp³-hybridized carbons (Fsp3) is 0.938. The molecule has 0 radical (unpaired) electrons. The van der Waals surface area contributed by atoms with Crippen LogP contribution in [-0.2, 0) is 42.7 Å². The molecule has 12 nitrogen and oxygen atoms in total. The SMILES string of the molecule is CO[C@H](CCCCCCCC(=O)[O-])C[C@H]1O[C@H]2[C@H](OCO[C@H]2NC(=O)[C@@H](O)[C@@]2(OC)CC(C)[C@@H](C)[C@@H](C)O2)[C@@H](OC)C1(C)C.[Na+]. The summed E-state index contributed by atoms with van der Waals surface area (Å²) in [5, 5.41) is 24.7. The number of carboxylic acid groups (broad SMARTS) is 1. The molecule has 1 amide bonds. The first-order valence-electron chi connectivity index (χ1n) is 16.2. The molecule has 3 aliphatic rings. The van der Waals surface area contributed by atoms with Crippen LogP contribution in [0.5, 0.6) is 0 Å². The Morgan fingerprint density at radius 3 is 2.29 bits per heavy atom. The van der Waals surface area contributed by atoms with Gasteiger partial charge in [-0.1, -0.05) is 53.4 Å². The fourth-order valence-electron chi connectivity index (χ4n) is 7.00. The van der Waals surface area contributed by atoms with Gasteiger partial charge in [0.25, 0.3) is 5.91 Å². The van der Waals surface area contributed by atoms with Gasteiger partial charge >= 0.3 is 29.6 Å². The molecule has 0 bridgehead atoms. The number of carboxylic acids is 1. The summed E-state index contributed by atoms with van der Waals surface area (Å²) in [6.07, 6.45) is 1.58. The number of carbonyl (C=O) groups excluding carboxylic acids is 2. The number of aliphatic hydroxyl groups excluding tert-OH is 1. The molecule has 45 heavy (non-hydrogen) atoms. The van der Waals surface area contributed by atoms with Crippen LogP contribution in [0, 0.1) is 17.3 Å². The second kappa shape index (κ2) is 18.4. The van der Waals surface area contributed by atoms with Crippen LogP contribution in [0.1, 0.15) is 92.4 Å². The summed E-state index contributed by atoms with van der Waals surface area (Å²) in [6.45, 7) is 10.1. The maximum absolute atomic E-state index is 13.5. The first-order valence-corrected chi connectivity index (χ1v) is 16.2. The Morgan fingerprint density at radius 1 is 1.02 bits per heavy atom. The number of nitrogens with one attached hydrogen (secondary N) is 1. The number of hydrogen-bond donors (Lipinski definition) is 2. The van der Waals surface area contributed by atoms with E-state index in [4.69, 9.17) is 33.2 Å². The molecular weight excluding hydrogens is 597 g/mol. The quantitative estimate of drug-likeness (QED) is 0.160. The van der Waals surface area contributed by atoms with Crippen LogP contribution in [0.4, 0.5) is 0 Å². The van der Waals surface area contributed by atoms with Crippen LogP contribution in [0.2, 0.25) is 0 Å². The summed E-state index contributed by atoms with van der Waals surface area (Å²) in [6, 6.07) is 0. The van der Waals surface area contributed by atoms with Gasteiger partial charge < -0.3 is 53.5 Å². The van der Waals surface area contributed by atoms with Crippen molar-refractivity contribution in [3.63, 3.8) is 0 Å². The third kappa shape index (κ3) is 10.1. The van der Waals surface area contributed by atoms with Crippen LogP contribution in [0.15, 0.2) is 0 Å². The van der Waals surface area contributed by atoms with Gasteiger partial charge in [-0.15, -0.1) is 0 Å². The molecule has 0 saturated carbocycles. The molecule has 0 aromatic heterocycles. The van der Waals surface area contributed by atoms with Gasteiger partial charge in [-0.3, -0.25) is 4.79 Å². The number of hydrogen-bond acceptors (Lipinski definition) is 11. The summed E-state index contributed by atoms with van der Waals surface area (Å²) in [5.74, 6) is -2.75. The topological polar surface area (TPSA) is 154 Å². The minimum absolute atomic E-state index is 0. The molecule has 256 valence electrons. The first-order chi connectivity index (χ1) is 20.8. The number of aliphatic carboxylic acids is 1. The van der Waals surface area contributed by atoms with Crippen molar-refractivity contribution in [1.29, 1.82) is 0 Å². The van der Waals surface area contributed by atoms with Gasteiger partial charge in [0.1, 0.15) is 19.0 Å². The molecule has 0 aromatic carbocycles. The normalized spacial score (nSPS) is 35.8. The second-order valence-electron chi connectivity index (χ2n) is 13.5. The van der Waals surface area contributed by atoms with Crippen molar-refractivity contribution in [2.45, 2.75) is 147 Å². The molecule has 3 fully saturated rings. The minimum atomic E-state index is -1.59. The van der Waals surface area contributed by atoms with Crippen molar-refractivity contribution in [3.8, 4) is 0 Å². The number of amides is 1. The zero-order valence-electron chi connectivity index (χ0n) is 28.9. The Balaban J connectivity index is 0.00000705. The monoisotopic (exact) mass is 653 g/mol. The predicted molar refractivity (Wildman–Crippen MR) is 158 cm³/mol. The molecule has 3 rings (SSSR count). The van der Waals surface area contributed by atoms with Gasteiger partial charge in [-0.05, 0) is 38.0 Å². The number of fused-ring (bicyclic) bond motifs is 1. The van der Waals surface area contributed by atoms with Gasteiger partial charge in [0.15, 0.2) is 12.3 Å². The molecular formula is C32H56NNaO11. The van der Waals surface area contributed by atoms with E-state index in [9.17, 15) is 19.8 Å². The summed E-state index contributed by atoms with van der Waals surface area (Å²) >= 11 is 0. The predicted octanol–water partition coefficient (Wildman–Crippen LogP) is -0.715. The average molecular weight is 654 g/mol. The molecule has 3 saturated heterocycles. The Morgan fingerprint density at radius 2 is 1.69 bits per heavy atom. The third-order valence-electron chi connectivity index (χ3n) is 10.2. The number of unbranched alkanes of at least 4 members (excludes halogenated alkanes) is 4. The van der Waals surface area contributed by atoms with Gasteiger partial charge in [-0.2, -0.15) is 0 Å². The van der Waals surface area contributed by atoms with Crippen LogP contribution < -0.4 is 40.0 Å². The second-order valence-corrected chi connectivity index (χ2v) is 13.5. The van der Waals surface area contributed by atoms with Crippen molar-refractivity contribution >= 4 is 11.9 Å². The van der Waals surface area contributed by atoms with Crippen LogP contribution in [0.3, 0.4) is 0 Å². The van der Waals surface area contributed by atoms with Crippen LogP contribution in [0.25, 0.3) is 0 Å². The molecule has 13 heteroatoms. The Bertz CT molecular complexity index is 912. The van der Waals surface area contributed by atoms with Crippen molar-refractivity contribution in [2.24, 2.45) is 17.3 Å². The van der Waals surface area contributed by atoms with Gasteiger partial charge in [0, 0.05) is 45.6 Å². The van der Waals surface area contributed by atoms with E-state index in [0.717, 1.165) is 32.1 Å². The maximum Gasteiger partial charge on any atom is 1.00 e. The summed E-state index contributed by atoms with van der Waals surface area (Å²) in [5.41, 5.74) is -0.456. The van der Waals surface area contributed by atoms with Crippen LogP contribution in [-0.4, -0.2) is 99.8 Å². The smallest absolute Gasteiger partial charge is 0.550 e. The number of ether oxygens (including phenoxy) is 7.